The molecule has 2 aliphatic rings. The maximum Gasteiger partial charge on any atom is 0.234 e. The van der Waals surface area contributed by atoms with Crippen molar-refractivity contribution in [2.24, 2.45) is 11.7 Å². The monoisotopic (exact) mass is 254 g/mol. The molecule has 1 heterocycles. The summed E-state index contributed by atoms with van der Waals surface area (Å²) in [6, 6.07) is 0.324. The van der Waals surface area contributed by atoms with E-state index in [9.17, 15) is 4.79 Å². The topological polar surface area (TPSA) is 64.4 Å². The van der Waals surface area contributed by atoms with Crippen LogP contribution >= 0.6 is 0 Å². The highest BCUT2D eigenvalue weighted by molar-refractivity contribution is 5.80. The van der Waals surface area contributed by atoms with Crippen LogP contribution in [-0.2, 0) is 9.53 Å². The van der Waals surface area contributed by atoms with Crippen molar-refractivity contribution in [3.05, 3.63) is 0 Å². The Morgan fingerprint density at radius 3 is 2.22 bits per heavy atom. The molecule has 104 valence electrons. The molecule has 18 heavy (non-hydrogen) atoms. The van der Waals surface area contributed by atoms with Crippen LogP contribution < -0.4 is 11.1 Å². The van der Waals surface area contributed by atoms with E-state index in [1.54, 1.807) is 0 Å². The molecule has 0 aromatic carbocycles. The van der Waals surface area contributed by atoms with E-state index in [-0.39, 0.29) is 11.9 Å². The highest BCUT2D eigenvalue weighted by Gasteiger charge is 2.30. The van der Waals surface area contributed by atoms with Crippen molar-refractivity contribution in [3.63, 3.8) is 0 Å². The molecule has 1 saturated carbocycles. The van der Waals surface area contributed by atoms with Gasteiger partial charge in [0, 0.05) is 19.3 Å². The number of nitrogens with two attached hydrogens (primary N) is 1. The lowest BCUT2D eigenvalue weighted by Gasteiger charge is -2.31. The first-order valence-electron chi connectivity index (χ1n) is 7.40. The van der Waals surface area contributed by atoms with Gasteiger partial charge in [-0.1, -0.05) is 25.7 Å². The largest absolute Gasteiger partial charge is 0.381 e. The summed E-state index contributed by atoms with van der Waals surface area (Å²) in [6.45, 7) is 1.53. The van der Waals surface area contributed by atoms with Crippen LogP contribution in [0.4, 0.5) is 0 Å². The Balaban J connectivity index is 1.89. The van der Waals surface area contributed by atoms with E-state index in [0.717, 1.165) is 26.1 Å². The summed E-state index contributed by atoms with van der Waals surface area (Å²) in [6.07, 6.45) is 9.49. The Morgan fingerprint density at radius 2 is 1.67 bits per heavy atom. The zero-order valence-corrected chi connectivity index (χ0v) is 11.2. The van der Waals surface area contributed by atoms with Crippen molar-refractivity contribution < 1.29 is 9.53 Å². The van der Waals surface area contributed by atoms with E-state index >= 15 is 0 Å². The summed E-state index contributed by atoms with van der Waals surface area (Å²) >= 11 is 0. The number of hydrogen-bond acceptors (Lipinski definition) is 3. The van der Waals surface area contributed by atoms with Crippen LogP contribution in [0, 0.1) is 5.92 Å². The molecule has 1 atom stereocenters. The summed E-state index contributed by atoms with van der Waals surface area (Å²) in [5.41, 5.74) is 5.58. The molecule has 1 unspecified atom stereocenters. The molecule has 1 amide bonds. The maximum atomic E-state index is 11.7. The number of carbonyl (C=O) groups is 1. The van der Waals surface area contributed by atoms with Crippen LogP contribution in [0.1, 0.15) is 51.4 Å². The normalized spacial score (nSPS) is 25.6. The van der Waals surface area contributed by atoms with E-state index in [4.69, 9.17) is 10.5 Å². The van der Waals surface area contributed by atoms with E-state index in [1.165, 1.54) is 38.5 Å². The van der Waals surface area contributed by atoms with Gasteiger partial charge in [-0.25, -0.2) is 0 Å². The van der Waals surface area contributed by atoms with Crippen molar-refractivity contribution in [1.29, 1.82) is 0 Å². The molecule has 0 aromatic heterocycles. The van der Waals surface area contributed by atoms with Crippen molar-refractivity contribution in [1.82, 2.24) is 5.32 Å². The van der Waals surface area contributed by atoms with Crippen molar-refractivity contribution in [2.45, 2.75) is 63.5 Å². The second-order valence-corrected chi connectivity index (χ2v) is 5.68. The molecule has 1 saturated heterocycles. The lowest BCUT2D eigenvalue weighted by Crippen LogP contribution is -2.51. The standard InChI is InChI=1S/C14H26N2O2/c15-14(17)13(11-7-9-18-10-8-11)16-12-5-3-1-2-4-6-12/h11-13,16H,1-10H2,(H2,15,17). The minimum absolute atomic E-state index is 0.156. The van der Waals surface area contributed by atoms with Crippen molar-refractivity contribution in [2.75, 3.05) is 13.2 Å². The Bertz CT molecular complexity index is 257. The first-order valence-corrected chi connectivity index (χ1v) is 7.40. The van der Waals surface area contributed by atoms with Crippen molar-refractivity contribution >= 4 is 5.91 Å². The first-order chi connectivity index (χ1) is 8.77. The Labute approximate surface area is 110 Å². The van der Waals surface area contributed by atoms with Gasteiger partial charge in [-0.05, 0) is 31.6 Å². The summed E-state index contributed by atoms with van der Waals surface area (Å²) in [5.74, 6) is 0.172. The fourth-order valence-corrected chi connectivity index (χ4v) is 3.20. The average molecular weight is 254 g/mol. The molecule has 1 aliphatic heterocycles. The molecule has 0 bridgehead atoms. The number of amides is 1. The van der Waals surface area contributed by atoms with Crippen LogP contribution in [0.15, 0.2) is 0 Å². The molecule has 4 nitrogen and oxygen atoms in total. The van der Waals surface area contributed by atoms with E-state index < -0.39 is 0 Å². The zero-order chi connectivity index (χ0) is 12.8. The molecule has 4 heteroatoms. The quantitative estimate of drug-likeness (QED) is 0.749. The van der Waals surface area contributed by atoms with Gasteiger partial charge in [0.2, 0.25) is 5.91 Å². The van der Waals surface area contributed by atoms with Gasteiger partial charge in [0.1, 0.15) is 0 Å². The van der Waals surface area contributed by atoms with Crippen LogP contribution in [0.25, 0.3) is 0 Å². The van der Waals surface area contributed by atoms with Gasteiger partial charge in [0.25, 0.3) is 0 Å². The highest BCUT2D eigenvalue weighted by atomic mass is 16.5. The minimum Gasteiger partial charge on any atom is -0.381 e. The van der Waals surface area contributed by atoms with E-state index in [2.05, 4.69) is 5.32 Å². The third-order valence-electron chi connectivity index (χ3n) is 4.31. The molecule has 3 N–H and O–H groups in total. The predicted molar refractivity (Wildman–Crippen MR) is 71.2 cm³/mol. The molecular weight excluding hydrogens is 228 g/mol. The van der Waals surface area contributed by atoms with E-state index in [1.807, 2.05) is 0 Å². The zero-order valence-electron chi connectivity index (χ0n) is 11.2. The van der Waals surface area contributed by atoms with Gasteiger partial charge in [-0.3, -0.25) is 4.79 Å². The van der Waals surface area contributed by atoms with Gasteiger partial charge in [0.15, 0.2) is 0 Å². The molecule has 2 fully saturated rings. The molecule has 0 spiro atoms. The molecule has 0 aromatic rings. The molecular formula is C14H26N2O2. The van der Waals surface area contributed by atoms with Gasteiger partial charge < -0.3 is 15.8 Å². The van der Waals surface area contributed by atoms with Crippen LogP contribution in [0.2, 0.25) is 0 Å². The van der Waals surface area contributed by atoms with Crippen LogP contribution in [0.5, 0.6) is 0 Å². The predicted octanol–water partition coefficient (Wildman–Crippen LogP) is 1.58. The smallest absolute Gasteiger partial charge is 0.234 e. The third-order valence-corrected chi connectivity index (χ3v) is 4.31. The van der Waals surface area contributed by atoms with Crippen molar-refractivity contribution in [3.8, 4) is 0 Å². The number of primary amides is 1. The summed E-state index contributed by atoms with van der Waals surface area (Å²) < 4.78 is 5.36. The summed E-state index contributed by atoms with van der Waals surface area (Å²) in [4.78, 5) is 11.7. The fourth-order valence-electron chi connectivity index (χ4n) is 3.20. The molecule has 0 radical (unpaired) electrons. The van der Waals surface area contributed by atoms with Gasteiger partial charge in [-0.15, -0.1) is 0 Å². The lowest BCUT2D eigenvalue weighted by molar-refractivity contribution is -0.122. The lowest BCUT2D eigenvalue weighted by atomic mass is 9.90. The highest BCUT2D eigenvalue weighted by Crippen LogP contribution is 2.22. The van der Waals surface area contributed by atoms with Crippen LogP contribution in [0.3, 0.4) is 0 Å². The number of carbonyl (C=O) groups excluding carboxylic acids is 1. The Morgan fingerprint density at radius 1 is 1.06 bits per heavy atom. The Kier molecular flexibility index (Phi) is 5.45. The maximum absolute atomic E-state index is 11.7. The summed E-state index contributed by atoms with van der Waals surface area (Å²) in [7, 11) is 0. The fraction of sp³-hybridized carbons (Fsp3) is 0.929. The molecule has 2 rings (SSSR count). The van der Waals surface area contributed by atoms with Gasteiger partial charge >= 0.3 is 0 Å². The second kappa shape index (κ2) is 7.10. The second-order valence-electron chi connectivity index (χ2n) is 5.68. The molecule has 1 aliphatic carbocycles. The summed E-state index contributed by atoms with van der Waals surface area (Å²) in [5, 5.41) is 3.54. The number of hydrogen-bond donors (Lipinski definition) is 2. The van der Waals surface area contributed by atoms with Crippen LogP contribution in [-0.4, -0.2) is 31.2 Å². The number of nitrogens with one attached hydrogen (secondary N) is 1. The first kappa shape index (κ1) is 13.8. The van der Waals surface area contributed by atoms with Gasteiger partial charge in [0.05, 0.1) is 6.04 Å². The third kappa shape index (κ3) is 3.95. The Hall–Kier alpha value is -0.610. The minimum atomic E-state index is -0.189. The SMILES string of the molecule is NC(=O)C(NC1CCCCCC1)C1CCOCC1. The van der Waals surface area contributed by atoms with Gasteiger partial charge in [-0.2, -0.15) is 0 Å². The number of rotatable bonds is 4. The average Bonchev–Trinajstić information content (AvgIpc) is 2.65. The number of ether oxygens (including phenoxy) is 1. The van der Waals surface area contributed by atoms with E-state index in [0.29, 0.717) is 12.0 Å².